The van der Waals surface area contributed by atoms with Crippen molar-refractivity contribution in [3.63, 3.8) is 0 Å². The summed E-state index contributed by atoms with van der Waals surface area (Å²) < 4.78 is 30.3. The predicted octanol–water partition coefficient (Wildman–Crippen LogP) is 7.17. The minimum atomic E-state index is -4.21. The highest BCUT2D eigenvalue weighted by Crippen LogP contribution is 2.46. The van der Waals surface area contributed by atoms with E-state index in [9.17, 15) is 14.7 Å². The van der Waals surface area contributed by atoms with Crippen molar-refractivity contribution in [2.45, 2.75) is 115 Å². The molecule has 1 aliphatic rings. The standard InChI is InChI=1S/C29H48N5O5PS/c1-2-3-4-5-6-7-8-9-10-11-12-13-20-41-21-14-19-37-40(35,36)38-22-25-17-18-29(23-30,39-25)27-16-15-26-28(31)32-24-33-34(26)27/h15-16,24-25H,2-14,17-22H2,1H3,(H,35,36)(H2,31,32,33)/t25-,29-/m0/s1. The first-order valence-electron chi connectivity index (χ1n) is 15.3. The van der Waals surface area contributed by atoms with Gasteiger partial charge in [-0.15, -0.1) is 0 Å². The van der Waals surface area contributed by atoms with Crippen LogP contribution in [-0.4, -0.2) is 50.3 Å². The molecule has 0 aliphatic carbocycles. The number of unbranched alkanes of at least 4 members (excludes halogenated alkanes) is 11. The normalized spacial score (nSPS) is 20.4. The number of nitrogen functional groups attached to an aromatic ring is 1. The summed E-state index contributed by atoms with van der Waals surface area (Å²) in [5.41, 5.74) is 5.77. The molecule has 0 spiro atoms. The quantitative estimate of drug-likeness (QED) is 0.104. The van der Waals surface area contributed by atoms with Gasteiger partial charge in [0.2, 0.25) is 0 Å². The van der Waals surface area contributed by atoms with E-state index in [2.05, 4.69) is 23.1 Å². The monoisotopic (exact) mass is 609 g/mol. The molecule has 0 bridgehead atoms. The molecular formula is C29H48N5O5PS. The van der Waals surface area contributed by atoms with Gasteiger partial charge < -0.3 is 15.4 Å². The number of phosphoric acid groups is 1. The lowest BCUT2D eigenvalue weighted by Crippen LogP contribution is -2.28. The number of nitrogens with two attached hydrogens (primary N) is 1. The molecule has 1 fully saturated rings. The number of fused-ring (bicyclic) bond motifs is 1. The van der Waals surface area contributed by atoms with E-state index in [0.29, 0.717) is 36.3 Å². The number of ether oxygens (including phenoxy) is 1. The second kappa shape index (κ2) is 18.1. The second-order valence-electron chi connectivity index (χ2n) is 10.8. The summed E-state index contributed by atoms with van der Waals surface area (Å²) in [4.78, 5) is 14.1. The second-order valence-corrected chi connectivity index (χ2v) is 13.5. The highest BCUT2D eigenvalue weighted by Gasteiger charge is 2.45. The van der Waals surface area contributed by atoms with Crippen LogP contribution in [0.25, 0.3) is 5.52 Å². The van der Waals surface area contributed by atoms with E-state index in [1.165, 1.54) is 83.4 Å². The summed E-state index contributed by atoms with van der Waals surface area (Å²) in [6.07, 6.45) is 18.5. The van der Waals surface area contributed by atoms with Gasteiger partial charge in [0.05, 0.1) is 25.0 Å². The maximum absolute atomic E-state index is 12.4. The SMILES string of the molecule is CCCCCCCCCCCCCCSCCCOP(=O)(O)OC[C@@H]1CC[C@](C#N)(c2ccc3c(N)ncnn23)O1. The third-order valence-electron chi connectivity index (χ3n) is 7.52. The van der Waals surface area contributed by atoms with Crippen LogP contribution in [-0.2, 0) is 24.0 Å². The number of nitrogens with zero attached hydrogens (tertiary/aromatic N) is 4. The third kappa shape index (κ3) is 11.2. The van der Waals surface area contributed by atoms with E-state index in [4.69, 9.17) is 19.5 Å². The van der Waals surface area contributed by atoms with Gasteiger partial charge in [0.1, 0.15) is 17.9 Å². The Morgan fingerprint density at radius 3 is 2.44 bits per heavy atom. The molecule has 3 heterocycles. The van der Waals surface area contributed by atoms with Gasteiger partial charge >= 0.3 is 7.82 Å². The van der Waals surface area contributed by atoms with Crippen LogP contribution >= 0.6 is 19.6 Å². The van der Waals surface area contributed by atoms with Crippen LogP contribution < -0.4 is 5.73 Å². The molecule has 41 heavy (non-hydrogen) atoms. The number of anilines is 1. The largest absolute Gasteiger partial charge is 0.472 e. The van der Waals surface area contributed by atoms with E-state index in [-0.39, 0.29) is 13.2 Å². The number of phosphoric ester groups is 1. The van der Waals surface area contributed by atoms with Crippen molar-refractivity contribution >= 4 is 30.9 Å². The van der Waals surface area contributed by atoms with E-state index >= 15 is 0 Å². The molecule has 3 N–H and O–H groups in total. The number of hydrogen-bond donors (Lipinski definition) is 2. The molecular weight excluding hydrogens is 561 g/mol. The van der Waals surface area contributed by atoms with Crippen molar-refractivity contribution in [2.24, 2.45) is 0 Å². The number of nitriles is 1. The van der Waals surface area contributed by atoms with E-state index in [1.807, 2.05) is 11.8 Å². The fourth-order valence-corrected chi connectivity index (χ4v) is 6.90. The molecule has 3 rings (SSSR count). The van der Waals surface area contributed by atoms with Crippen molar-refractivity contribution in [3.8, 4) is 6.07 Å². The van der Waals surface area contributed by atoms with Crippen LogP contribution in [0.4, 0.5) is 5.82 Å². The Kier molecular flexibility index (Phi) is 14.9. The van der Waals surface area contributed by atoms with Crippen molar-refractivity contribution in [1.82, 2.24) is 14.6 Å². The third-order valence-corrected chi connectivity index (χ3v) is 9.65. The Morgan fingerprint density at radius 1 is 1.10 bits per heavy atom. The van der Waals surface area contributed by atoms with Gasteiger partial charge in [-0.05, 0) is 49.3 Å². The Morgan fingerprint density at radius 2 is 1.76 bits per heavy atom. The zero-order valence-corrected chi connectivity index (χ0v) is 26.3. The van der Waals surface area contributed by atoms with Gasteiger partial charge in [0.25, 0.3) is 0 Å². The Hall–Kier alpha value is -1.67. The minimum Gasteiger partial charge on any atom is -0.382 e. The fraction of sp³-hybridized carbons (Fsp3) is 0.759. The van der Waals surface area contributed by atoms with Gasteiger partial charge in [-0.25, -0.2) is 14.1 Å². The van der Waals surface area contributed by atoms with E-state index in [1.54, 1.807) is 16.6 Å². The summed E-state index contributed by atoms with van der Waals surface area (Å²) in [7, 11) is -4.21. The number of hydrogen-bond acceptors (Lipinski definition) is 9. The lowest BCUT2D eigenvalue weighted by atomic mass is 9.98. The van der Waals surface area contributed by atoms with Crippen LogP contribution in [0.1, 0.15) is 109 Å². The molecule has 1 saturated heterocycles. The van der Waals surface area contributed by atoms with Gasteiger partial charge in [0, 0.05) is 0 Å². The predicted molar refractivity (Wildman–Crippen MR) is 164 cm³/mol. The van der Waals surface area contributed by atoms with Crippen molar-refractivity contribution in [3.05, 3.63) is 24.2 Å². The van der Waals surface area contributed by atoms with Gasteiger partial charge in [-0.2, -0.15) is 22.1 Å². The van der Waals surface area contributed by atoms with Gasteiger partial charge in [-0.1, -0.05) is 77.6 Å². The Bertz CT molecular complexity index is 1130. The highest BCUT2D eigenvalue weighted by molar-refractivity contribution is 7.99. The molecule has 2 aromatic heterocycles. The summed E-state index contributed by atoms with van der Waals surface area (Å²) in [6, 6.07) is 5.72. The Labute approximate surface area is 249 Å². The van der Waals surface area contributed by atoms with Crippen molar-refractivity contribution < 1.29 is 23.2 Å². The maximum Gasteiger partial charge on any atom is 0.472 e. The highest BCUT2D eigenvalue weighted by atomic mass is 32.2. The topological polar surface area (TPSA) is 145 Å². The molecule has 2 aromatic rings. The molecule has 3 atom stereocenters. The van der Waals surface area contributed by atoms with E-state index < -0.39 is 19.5 Å². The molecule has 1 aliphatic heterocycles. The summed E-state index contributed by atoms with van der Waals surface area (Å²) in [5.74, 6) is 2.30. The average Bonchev–Trinajstić information content (AvgIpc) is 3.60. The summed E-state index contributed by atoms with van der Waals surface area (Å²) in [5, 5.41) is 14.1. The molecule has 10 nitrogen and oxygen atoms in total. The molecule has 0 amide bonds. The number of aromatic nitrogens is 3. The van der Waals surface area contributed by atoms with Crippen molar-refractivity contribution in [1.29, 1.82) is 5.26 Å². The molecule has 0 saturated carbocycles. The Balaban J connectivity index is 1.21. The van der Waals surface area contributed by atoms with Crippen LogP contribution in [0, 0.1) is 11.3 Å². The van der Waals surface area contributed by atoms with Crippen LogP contribution in [0.2, 0.25) is 0 Å². The van der Waals surface area contributed by atoms with E-state index in [0.717, 1.165) is 11.5 Å². The summed E-state index contributed by atoms with van der Waals surface area (Å²) in [6.45, 7) is 2.27. The molecule has 0 aromatic carbocycles. The number of thioether (sulfide) groups is 1. The maximum atomic E-state index is 12.4. The first kappa shape index (κ1) is 33.8. The van der Waals surface area contributed by atoms with Crippen LogP contribution in [0.5, 0.6) is 0 Å². The van der Waals surface area contributed by atoms with Gasteiger partial charge in [0.15, 0.2) is 11.4 Å². The molecule has 1 unspecified atom stereocenters. The fourth-order valence-electron chi connectivity index (χ4n) is 5.17. The zero-order valence-electron chi connectivity index (χ0n) is 24.5. The lowest BCUT2D eigenvalue weighted by Gasteiger charge is -2.22. The average molecular weight is 610 g/mol. The van der Waals surface area contributed by atoms with Crippen molar-refractivity contribution in [2.75, 3.05) is 30.5 Å². The zero-order chi connectivity index (χ0) is 29.4. The number of rotatable bonds is 22. The van der Waals surface area contributed by atoms with Gasteiger partial charge in [-0.3, -0.25) is 9.05 Å². The molecule has 0 radical (unpaired) electrons. The first-order chi connectivity index (χ1) is 19.9. The lowest BCUT2D eigenvalue weighted by molar-refractivity contribution is -0.0334. The smallest absolute Gasteiger partial charge is 0.382 e. The minimum absolute atomic E-state index is 0.147. The van der Waals surface area contributed by atoms with Crippen LogP contribution in [0.3, 0.4) is 0 Å². The molecule has 230 valence electrons. The summed E-state index contributed by atoms with van der Waals surface area (Å²) >= 11 is 1.86. The first-order valence-corrected chi connectivity index (χ1v) is 17.9. The molecule has 12 heteroatoms. The van der Waals surface area contributed by atoms with Crippen LogP contribution in [0.15, 0.2) is 18.5 Å².